The molecule has 0 aliphatic carbocycles. The van der Waals surface area contributed by atoms with Gasteiger partial charge < -0.3 is 15.6 Å². The molecule has 1 aromatic carbocycles. The van der Waals surface area contributed by atoms with Crippen LogP contribution in [-0.2, 0) is 20.9 Å². The lowest BCUT2D eigenvalue weighted by atomic mass is 9.94. The number of hydrogen-bond acceptors (Lipinski definition) is 4. The molecule has 0 amide bonds. The van der Waals surface area contributed by atoms with Crippen molar-refractivity contribution in [2.24, 2.45) is 5.73 Å². The van der Waals surface area contributed by atoms with Crippen molar-refractivity contribution in [3.63, 3.8) is 0 Å². The first-order valence-corrected chi connectivity index (χ1v) is 6.00. The molecule has 0 aliphatic rings. The van der Waals surface area contributed by atoms with Gasteiger partial charge in [-0.15, -0.1) is 0 Å². The molecule has 0 fully saturated rings. The Hall–Kier alpha value is -1.88. The first kappa shape index (κ1) is 15.2. The van der Waals surface area contributed by atoms with E-state index in [0.717, 1.165) is 0 Å². The van der Waals surface area contributed by atoms with Crippen LogP contribution < -0.4 is 5.73 Å². The van der Waals surface area contributed by atoms with Crippen molar-refractivity contribution >= 4 is 11.9 Å². The van der Waals surface area contributed by atoms with Crippen LogP contribution in [0.2, 0.25) is 0 Å². The van der Waals surface area contributed by atoms with Crippen LogP contribution in [0.3, 0.4) is 0 Å². The molecule has 0 saturated carbocycles. The van der Waals surface area contributed by atoms with Gasteiger partial charge in [-0.2, -0.15) is 0 Å². The minimum atomic E-state index is -1.35. The van der Waals surface area contributed by atoms with Crippen LogP contribution in [0.4, 0.5) is 0 Å². The highest BCUT2D eigenvalue weighted by Gasteiger charge is 2.33. The van der Waals surface area contributed by atoms with Crippen LogP contribution in [0.1, 0.15) is 37.8 Å². The van der Waals surface area contributed by atoms with Gasteiger partial charge in [0.1, 0.15) is 5.60 Å². The Morgan fingerprint density at radius 1 is 1.32 bits per heavy atom. The zero-order valence-corrected chi connectivity index (χ0v) is 11.3. The van der Waals surface area contributed by atoms with Crippen molar-refractivity contribution in [2.45, 2.75) is 38.8 Å². The van der Waals surface area contributed by atoms with Crippen molar-refractivity contribution < 1.29 is 19.4 Å². The largest absolute Gasteiger partial charge is 0.480 e. The van der Waals surface area contributed by atoms with E-state index >= 15 is 0 Å². The second-order valence-corrected chi connectivity index (χ2v) is 5.21. The van der Waals surface area contributed by atoms with E-state index in [1.54, 1.807) is 45.0 Å². The number of aliphatic carboxylic acids is 1. The number of carboxylic acids is 1. The predicted octanol–water partition coefficient (Wildman–Crippen LogP) is 1.66. The summed E-state index contributed by atoms with van der Waals surface area (Å²) >= 11 is 0. The van der Waals surface area contributed by atoms with E-state index in [9.17, 15) is 14.7 Å². The Morgan fingerprint density at radius 2 is 1.89 bits per heavy atom. The lowest BCUT2D eigenvalue weighted by Crippen LogP contribution is -2.32. The highest BCUT2D eigenvalue weighted by molar-refractivity contribution is 6.00. The summed E-state index contributed by atoms with van der Waals surface area (Å²) in [6, 6.07) is 6.72. The Kier molecular flexibility index (Phi) is 4.67. The van der Waals surface area contributed by atoms with Gasteiger partial charge in [0.05, 0.1) is 0 Å². The van der Waals surface area contributed by atoms with Crippen LogP contribution in [0.15, 0.2) is 24.3 Å². The summed E-state index contributed by atoms with van der Waals surface area (Å²) in [5, 5.41) is 9.27. The molecule has 0 aromatic heterocycles. The Balaban J connectivity index is 3.14. The van der Waals surface area contributed by atoms with Gasteiger partial charge in [-0.1, -0.05) is 24.3 Å². The van der Waals surface area contributed by atoms with Crippen molar-refractivity contribution in [3.05, 3.63) is 35.4 Å². The van der Waals surface area contributed by atoms with Gasteiger partial charge in [0, 0.05) is 6.54 Å². The van der Waals surface area contributed by atoms with E-state index in [4.69, 9.17) is 10.5 Å². The van der Waals surface area contributed by atoms with Crippen molar-refractivity contribution in [1.29, 1.82) is 0 Å². The molecular formula is C14H19NO4. The topological polar surface area (TPSA) is 89.6 Å². The summed E-state index contributed by atoms with van der Waals surface area (Å²) in [7, 11) is 0. The van der Waals surface area contributed by atoms with Gasteiger partial charge in [-0.25, -0.2) is 0 Å². The van der Waals surface area contributed by atoms with Gasteiger partial charge in [-0.05, 0) is 31.9 Å². The first-order chi connectivity index (χ1) is 8.76. The SMILES string of the molecule is CC(C)(C)OC(=O)[C@H](C(=O)O)c1ccccc1CN. The van der Waals surface area contributed by atoms with Gasteiger partial charge in [0.2, 0.25) is 0 Å². The van der Waals surface area contributed by atoms with Gasteiger partial charge in [0.25, 0.3) is 0 Å². The lowest BCUT2D eigenvalue weighted by molar-refractivity contribution is -0.162. The summed E-state index contributed by atoms with van der Waals surface area (Å²) in [5.74, 6) is -3.37. The fourth-order valence-corrected chi connectivity index (χ4v) is 1.72. The van der Waals surface area contributed by atoms with Crippen LogP contribution >= 0.6 is 0 Å². The quantitative estimate of drug-likeness (QED) is 0.638. The molecule has 0 spiro atoms. The number of hydrogen-bond donors (Lipinski definition) is 2. The standard InChI is InChI=1S/C14H19NO4/c1-14(2,3)19-13(18)11(12(16)17)10-7-5-4-6-9(10)8-15/h4-7,11H,8,15H2,1-3H3,(H,16,17)/t11-/m0/s1. The maximum atomic E-state index is 12.0. The molecule has 0 saturated heterocycles. The first-order valence-electron chi connectivity index (χ1n) is 6.00. The van der Waals surface area contributed by atoms with E-state index < -0.39 is 23.5 Å². The molecule has 0 bridgehead atoms. The average Bonchev–Trinajstić information content (AvgIpc) is 2.26. The van der Waals surface area contributed by atoms with E-state index in [-0.39, 0.29) is 6.54 Å². The van der Waals surface area contributed by atoms with E-state index in [2.05, 4.69) is 0 Å². The van der Waals surface area contributed by atoms with Gasteiger partial charge in [0.15, 0.2) is 5.92 Å². The molecule has 3 N–H and O–H groups in total. The van der Waals surface area contributed by atoms with E-state index in [1.807, 2.05) is 0 Å². The van der Waals surface area contributed by atoms with Crippen LogP contribution in [0.5, 0.6) is 0 Å². The molecular weight excluding hydrogens is 246 g/mol. The number of ether oxygens (including phenoxy) is 1. The molecule has 19 heavy (non-hydrogen) atoms. The number of benzene rings is 1. The summed E-state index contributed by atoms with van der Waals surface area (Å²) in [5.41, 5.74) is 5.84. The van der Waals surface area contributed by atoms with Crippen LogP contribution in [-0.4, -0.2) is 22.6 Å². The fourth-order valence-electron chi connectivity index (χ4n) is 1.72. The molecule has 1 atom stereocenters. The molecule has 104 valence electrons. The minimum absolute atomic E-state index is 0.169. The third kappa shape index (κ3) is 4.06. The number of nitrogens with two attached hydrogens (primary N) is 1. The average molecular weight is 265 g/mol. The molecule has 1 aromatic rings. The predicted molar refractivity (Wildman–Crippen MR) is 70.6 cm³/mol. The van der Waals surface area contributed by atoms with Crippen LogP contribution in [0, 0.1) is 0 Å². The highest BCUT2D eigenvalue weighted by Crippen LogP contribution is 2.24. The number of rotatable bonds is 4. The molecule has 0 aliphatic heterocycles. The Labute approximate surface area is 112 Å². The fraction of sp³-hybridized carbons (Fsp3) is 0.429. The molecule has 5 heteroatoms. The Bertz CT molecular complexity index is 477. The maximum absolute atomic E-state index is 12.0. The summed E-state index contributed by atoms with van der Waals surface area (Å²) in [4.78, 5) is 23.4. The zero-order valence-electron chi connectivity index (χ0n) is 11.3. The molecule has 1 rings (SSSR count). The highest BCUT2D eigenvalue weighted by atomic mass is 16.6. The normalized spacial score (nSPS) is 12.8. The molecule has 0 heterocycles. The third-order valence-electron chi connectivity index (χ3n) is 2.48. The number of esters is 1. The number of carboxylic acid groups (broad SMARTS) is 1. The van der Waals surface area contributed by atoms with Gasteiger partial charge >= 0.3 is 11.9 Å². The lowest BCUT2D eigenvalue weighted by Gasteiger charge is -2.23. The maximum Gasteiger partial charge on any atom is 0.325 e. The summed E-state index contributed by atoms with van der Waals surface area (Å²) < 4.78 is 5.15. The second kappa shape index (κ2) is 5.84. The smallest absolute Gasteiger partial charge is 0.325 e. The van der Waals surface area contributed by atoms with Crippen LogP contribution in [0.25, 0.3) is 0 Å². The summed E-state index contributed by atoms with van der Waals surface area (Å²) in [6.45, 7) is 5.25. The molecule has 0 radical (unpaired) electrons. The van der Waals surface area contributed by atoms with Crippen molar-refractivity contribution in [2.75, 3.05) is 0 Å². The second-order valence-electron chi connectivity index (χ2n) is 5.21. The number of carbonyl (C=O) groups is 2. The van der Waals surface area contributed by atoms with Crippen molar-refractivity contribution in [1.82, 2.24) is 0 Å². The Morgan fingerprint density at radius 3 is 2.37 bits per heavy atom. The van der Waals surface area contributed by atoms with Crippen molar-refractivity contribution in [3.8, 4) is 0 Å². The van der Waals surface area contributed by atoms with Gasteiger partial charge in [-0.3, -0.25) is 9.59 Å². The monoisotopic (exact) mass is 265 g/mol. The van der Waals surface area contributed by atoms with E-state index in [0.29, 0.717) is 11.1 Å². The minimum Gasteiger partial charge on any atom is -0.480 e. The summed E-state index contributed by atoms with van der Waals surface area (Å²) in [6.07, 6.45) is 0. The molecule has 5 nitrogen and oxygen atoms in total. The number of carbonyl (C=O) groups excluding carboxylic acids is 1. The molecule has 0 unspecified atom stereocenters. The zero-order chi connectivity index (χ0) is 14.6. The van der Waals surface area contributed by atoms with E-state index in [1.165, 1.54) is 0 Å². The third-order valence-corrected chi connectivity index (χ3v) is 2.48.